The number of hydrogen-bond donors (Lipinski definition) is 3. The fourth-order valence-electron chi connectivity index (χ4n) is 3.59. The van der Waals surface area contributed by atoms with E-state index < -0.39 is 28.9 Å². The molecule has 0 radical (unpaired) electrons. The Morgan fingerprint density at radius 2 is 1.47 bits per heavy atom. The van der Waals surface area contributed by atoms with Crippen molar-refractivity contribution in [2.24, 2.45) is 5.84 Å². The number of nitrogens with zero attached hydrogens (tertiary/aromatic N) is 1. The Hall–Kier alpha value is -4.83. The van der Waals surface area contributed by atoms with Crippen molar-refractivity contribution in [3.8, 4) is 5.75 Å². The molecule has 0 unspecified atom stereocenters. The van der Waals surface area contributed by atoms with Crippen molar-refractivity contribution in [2.75, 3.05) is 0 Å². The first-order valence-corrected chi connectivity index (χ1v) is 11.6. The van der Waals surface area contributed by atoms with E-state index in [1.807, 2.05) is 6.07 Å². The van der Waals surface area contributed by atoms with E-state index in [9.17, 15) is 23.2 Å². The Morgan fingerprint density at radius 3 is 2.11 bits per heavy atom. The summed E-state index contributed by atoms with van der Waals surface area (Å²) in [4.78, 5) is 42.0. The summed E-state index contributed by atoms with van der Waals surface area (Å²) in [6.45, 7) is -0.0692. The molecule has 3 aromatic carbocycles. The van der Waals surface area contributed by atoms with Crippen molar-refractivity contribution in [3.63, 3.8) is 0 Å². The van der Waals surface area contributed by atoms with Gasteiger partial charge in [-0.05, 0) is 41.0 Å². The van der Waals surface area contributed by atoms with Crippen LogP contribution in [0.5, 0.6) is 5.75 Å². The van der Waals surface area contributed by atoms with Crippen molar-refractivity contribution in [1.29, 1.82) is 0 Å². The monoisotopic (exact) mass is 518 g/mol. The summed E-state index contributed by atoms with van der Waals surface area (Å²) >= 11 is 0. The van der Waals surface area contributed by atoms with E-state index >= 15 is 0 Å². The van der Waals surface area contributed by atoms with Gasteiger partial charge in [0.25, 0.3) is 11.8 Å². The molecule has 0 atom stereocenters. The number of ether oxygens (including phenoxy) is 1. The summed E-state index contributed by atoms with van der Waals surface area (Å²) in [7, 11) is 0. The van der Waals surface area contributed by atoms with Gasteiger partial charge in [0.05, 0.1) is 6.54 Å². The van der Waals surface area contributed by atoms with Gasteiger partial charge < -0.3 is 15.0 Å². The fourth-order valence-corrected chi connectivity index (χ4v) is 3.59. The van der Waals surface area contributed by atoms with E-state index in [1.54, 1.807) is 24.3 Å². The number of hydrogen-bond acceptors (Lipinski definition) is 5. The lowest BCUT2D eigenvalue weighted by Crippen LogP contribution is -2.39. The Balaban J connectivity index is 1.59. The molecule has 0 bridgehead atoms. The van der Waals surface area contributed by atoms with Crippen LogP contribution in [0.1, 0.15) is 37.5 Å². The van der Waals surface area contributed by atoms with Crippen LogP contribution in [0, 0.1) is 11.6 Å². The predicted octanol–water partition coefficient (Wildman–Crippen LogP) is 3.68. The third-order valence-electron chi connectivity index (χ3n) is 5.62. The van der Waals surface area contributed by atoms with Crippen LogP contribution in [-0.2, 0) is 19.7 Å². The minimum absolute atomic E-state index is 0.0482. The van der Waals surface area contributed by atoms with Gasteiger partial charge in [-0.15, -0.1) is 0 Å². The molecule has 0 saturated carbocycles. The molecular formula is C28H24F2N4O4. The molecule has 0 fully saturated rings. The number of benzene rings is 3. The van der Waals surface area contributed by atoms with Crippen LogP contribution in [0.15, 0.2) is 89.9 Å². The highest BCUT2D eigenvalue weighted by molar-refractivity contribution is 5.98. The molecule has 4 aromatic rings. The first-order chi connectivity index (χ1) is 18.3. The second-order valence-corrected chi connectivity index (χ2v) is 8.38. The van der Waals surface area contributed by atoms with Gasteiger partial charge in [-0.2, -0.15) is 0 Å². The quantitative estimate of drug-likeness (QED) is 0.178. The smallest absolute Gasteiger partial charge is 0.288 e. The predicted molar refractivity (Wildman–Crippen MR) is 136 cm³/mol. The van der Waals surface area contributed by atoms with E-state index in [2.05, 4.69) is 10.3 Å². The van der Waals surface area contributed by atoms with Gasteiger partial charge in [0.2, 0.25) is 5.43 Å². The molecule has 0 saturated heterocycles. The standard InChI is InChI=1S/C28H24F2N4O4/c29-21-10-6-18(7-11-21)14-33-27(36)23-15-32-24(26(25(23)35)38-17-20-4-2-1-3-5-20)28(37)34(31)16-19-8-12-22(30)13-9-19/h1-13,15H,14,16-17,31H2,(H,32,35)(H,33,36). The van der Waals surface area contributed by atoms with Crippen LogP contribution in [0.2, 0.25) is 0 Å². The number of aromatic amines is 1. The van der Waals surface area contributed by atoms with Gasteiger partial charge in [0, 0.05) is 12.7 Å². The lowest BCUT2D eigenvalue weighted by atomic mass is 10.1. The van der Waals surface area contributed by atoms with Crippen LogP contribution >= 0.6 is 0 Å². The zero-order valence-corrected chi connectivity index (χ0v) is 20.1. The zero-order valence-electron chi connectivity index (χ0n) is 20.1. The summed E-state index contributed by atoms with van der Waals surface area (Å²) < 4.78 is 32.1. The number of hydrazine groups is 1. The zero-order chi connectivity index (χ0) is 27.1. The highest BCUT2D eigenvalue weighted by atomic mass is 19.1. The maximum atomic E-state index is 13.3. The number of nitrogens with two attached hydrogens (primary N) is 1. The van der Waals surface area contributed by atoms with E-state index in [1.165, 1.54) is 48.5 Å². The average molecular weight is 519 g/mol. The first-order valence-electron chi connectivity index (χ1n) is 11.6. The number of amides is 2. The lowest BCUT2D eigenvalue weighted by Gasteiger charge is -2.19. The van der Waals surface area contributed by atoms with E-state index in [0.717, 1.165) is 16.8 Å². The number of nitrogens with one attached hydrogen (secondary N) is 2. The van der Waals surface area contributed by atoms with E-state index in [0.29, 0.717) is 11.1 Å². The third-order valence-corrected chi connectivity index (χ3v) is 5.62. The van der Waals surface area contributed by atoms with Crippen LogP contribution < -0.4 is 21.3 Å². The summed E-state index contributed by atoms with van der Waals surface area (Å²) in [5.41, 5.74) is 0.581. The maximum absolute atomic E-state index is 13.3. The molecule has 1 aromatic heterocycles. The number of pyridine rings is 1. The Kier molecular flexibility index (Phi) is 8.24. The average Bonchev–Trinajstić information content (AvgIpc) is 2.93. The van der Waals surface area contributed by atoms with Gasteiger partial charge in [0.1, 0.15) is 23.8 Å². The SMILES string of the molecule is NN(Cc1ccc(F)cc1)C(=O)c1[nH]cc(C(=O)NCc2ccc(F)cc2)c(=O)c1OCc1ccccc1. The molecule has 10 heteroatoms. The van der Waals surface area contributed by atoms with Crippen molar-refractivity contribution in [3.05, 3.63) is 135 Å². The number of H-pyrrole nitrogens is 1. The second-order valence-electron chi connectivity index (χ2n) is 8.38. The van der Waals surface area contributed by atoms with Gasteiger partial charge in [-0.3, -0.25) is 19.4 Å². The molecular weight excluding hydrogens is 494 g/mol. The van der Waals surface area contributed by atoms with Crippen molar-refractivity contribution in [1.82, 2.24) is 15.3 Å². The number of rotatable bonds is 9. The Labute approximate surface area is 216 Å². The van der Waals surface area contributed by atoms with Gasteiger partial charge in [-0.1, -0.05) is 54.6 Å². The van der Waals surface area contributed by atoms with Crippen molar-refractivity contribution in [2.45, 2.75) is 19.7 Å². The van der Waals surface area contributed by atoms with Crippen LogP contribution in [0.3, 0.4) is 0 Å². The number of aromatic nitrogens is 1. The van der Waals surface area contributed by atoms with Crippen molar-refractivity contribution < 1.29 is 23.1 Å². The third kappa shape index (κ3) is 6.48. The number of carbonyl (C=O) groups excluding carboxylic acids is 2. The highest BCUT2D eigenvalue weighted by Gasteiger charge is 2.25. The molecule has 0 aliphatic heterocycles. The van der Waals surface area contributed by atoms with E-state index in [-0.39, 0.29) is 36.7 Å². The largest absolute Gasteiger partial charge is 0.483 e. The summed E-state index contributed by atoms with van der Waals surface area (Å²) in [5, 5.41) is 3.45. The number of carbonyl (C=O) groups is 2. The highest BCUT2D eigenvalue weighted by Crippen LogP contribution is 2.17. The molecule has 4 rings (SSSR count). The Morgan fingerprint density at radius 1 is 0.868 bits per heavy atom. The molecule has 194 valence electrons. The molecule has 0 spiro atoms. The van der Waals surface area contributed by atoms with Crippen LogP contribution in [0.25, 0.3) is 0 Å². The van der Waals surface area contributed by atoms with Crippen molar-refractivity contribution >= 4 is 11.8 Å². The minimum atomic E-state index is -0.810. The number of halogens is 2. The maximum Gasteiger partial charge on any atom is 0.288 e. The molecule has 8 nitrogen and oxygen atoms in total. The summed E-state index contributed by atoms with van der Waals surface area (Å²) in [5.74, 6) is 3.27. The minimum Gasteiger partial charge on any atom is -0.483 e. The van der Waals surface area contributed by atoms with Gasteiger partial charge in [0.15, 0.2) is 11.4 Å². The normalized spacial score (nSPS) is 10.6. The van der Waals surface area contributed by atoms with Crippen LogP contribution in [0.4, 0.5) is 8.78 Å². The molecule has 2 amide bonds. The topological polar surface area (TPSA) is 118 Å². The van der Waals surface area contributed by atoms with Crippen LogP contribution in [-0.4, -0.2) is 21.8 Å². The molecule has 0 aliphatic rings. The second kappa shape index (κ2) is 11.9. The summed E-state index contributed by atoms with van der Waals surface area (Å²) in [6, 6.07) is 19.9. The Bertz CT molecular complexity index is 1470. The first kappa shape index (κ1) is 26.2. The molecule has 38 heavy (non-hydrogen) atoms. The van der Waals surface area contributed by atoms with Gasteiger partial charge >= 0.3 is 0 Å². The van der Waals surface area contributed by atoms with Gasteiger partial charge in [-0.25, -0.2) is 14.6 Å². The molecule has 0 aliphatic carbocycles. The lowest BCUT2D eigenvalue weighted by molar-refractivity contribution is 0.0730. The fraction of sp³-hybridized carbons (Fsp3) is 0.107. The molecule has 1 heterocycles. The summed E-state index contributed by atoms with van der Waals surface area (Å²) in [6.07, 6.45) is 1.11. The van der Waals surface area contributed by atoms with E-state index in [4.69, 9.17) is 10.6 Å². The molecule has 4 N–H and O–H groups in total.